The van der Waals surface area contributed by atoms with Gasteiger partial charge in [-0.05, 0) is 48.4 Å². The van der Waals surface area contributed by atoms with Crippen LogP contribution in [0.1, 0.15) is 24.2 Å². The predicted molar refractivity (Wildman–Crippen MR) is 120 cm³/mol. The van der Waals surface area contributed by atoms with Crippen molar-refractivity contribution in [2.45, 2.75) is 24.5 Å². The lowest BCUT2D eigenvalue weighted by molar-refractivity contribution is 0.182. The van der Waals surface area contributed by atoms with Crippen LogP contribution in [-0.4, -0.2) is 33.9 Å². The average Bonchev–Trinajstić information content (AvgIpc) is 2.75. The maximum Gasteiger partial charge on any atom is 0.175 e. The van der Waals surface area contributed by atoms with Crippen molar-refractivity contribution in [3.05, 3.63) is 65.6 Å². The van der Waals surface area contributed by atoms with Crippen LogP contribution in [0.3, 0.4) is 0 Å². The highest BCUT2D eigenvalue weighted by molar-refractivity contribution is 7.90. The van der Waals surface area contributed by atoms with Gasteiger partial charge in [-0.3, -0.25) is 0 Å². The van der Waals surface area contributed by atoms with Gasteiger partial charge in [0.05, 0.1) is 18.6 Å². The summed E-state index contributed by atoms with van der Waals surface area (Å²) in [6, 6.07) is 10.9. The molecule has 3 aromatic rings. The molecule has 2 aromatic carbocycles. The Labute approximate surface area is 186 Å². The highest BCUT2D eigenvalue weighted by atomic mass is 32.2. The monoisotopic (exact) mass is 460 g/mol. The first kappa shape index (κ1) is 23.5. The second-order valence-electron chi connectivity index (χ2n) is 7.28. The molecule has 0 fully saturated rings. The smallest absolute Gasteiger partial charge is 0.175 e. The maximum atomic E-state index is 13.8. The molecular weight excluding hydrogens is 435 g/mol. The molecule has 1 atom stereocenters. The number of nitrogen functional groups attached to an aromatic ring is 1. The van der Waals surface area contributed by atoms with Crippen LogP contribution in [0, 0.1) is 5.82 Å². The molecule has 0 saturated heterocycles. The molecule has 1 heterocycles. The predicted octanol–water partition coefficient (Wildman–Crippen LogP) is 4.17. The molecule has 32 heavy (non-hydrogen) atoms. The third-order valence-electron chi connectivity index (χ3n) is 4.92. The number of halogens is 1. The van der Waals surface area contributed by atoms with Crippen LogP contribution >= 0.6 is 0 Å². The SMILES string of the molecule is COCc1ccc(-c2cnc(N)c(OC(C)c3cc(F)ccc3OC)c2)cc1S(C)(=O)=O. The van der Waals surface area contributed by atoms with E-state index in [-0.39, 0.29) is 23.1 Å². The number of rotatable bonds is 8. The molecule has 170 valence electrons. The zero-order valence-corrected chi connectivity index (χ0v) is 19.1. The Hall–Kier alpha value is -3.17. The van der Waals surface area contributed by atoms with E-state index in [4.69, 9.17) is 19.9 Å². The van der Waals surface area contributed by atoms with Crippen LogP contribution in [0.2, 0.25) is 0 Å². The molecule has 0 bridgehead atoms. The summed E-state index contributed by atoms with van der Waals surface area (Å²) in [6.45, 7) is 1.91. The minimum absolute atomic E-state index is 0.148. The molecule has 0 radical (unpaired) electrons. The van der Waals surface area contributed by atoms with Gasteiger partial charge in [0, 0.05) is 30.7 Å². The van der Waals surface area contributed by atoms with Crippen LogP contribution in [0.4, 0.5) is 10.2 Å². The number of nitrogens with zero attached hydrogens (tertiary/aromatic N) is 1. The van der Waals surface area contributed by atoms with Crippen LogP contribution in [0.25, 0.3) is 11.1 Å². The van der Waals surface area contributed by atoms with E-state index in [2.05, 4.69) is 4.98 Å². The van der Waals surface area contributed by atoms with E-state index in [0.29, 0.717) is 28.0 Å². The molecule has 0 amide bonds. The van der Waals surface area contributed by atoms with E-state index >= 15 is 0 Å². The third kappa shape index (κ3) is 5.17. The Balaban J connectivity index is 1.99. The van der Waals surface area contributed by atoms with E-state index in [1.165, 1.54) is 38.6 Å². The normalized spacial score (nSPS) is 12.4. The number of methoxy groups -OCH3 is 2. The molecule has 0 spiro atoms. The summed E-state index contributed by atoms with van der Waals surface area (Å²) >= 11 is 0. The summed E-state index contributed by atoms with van der Waals surface area (Å²) in [5, 5.41) is 0. The van der Waals surface area contributed by atoms with E-state index in [0.717, 1.165) is 6.26 Å². The lowest BCUT2D eigenvalue weighted by Gasteiger charge is -2.19. The minimum Gasteiger partial charge on any atom is -0.496 e. The fourth-order valence-corrected chi connectivity index (χ4v) is 4.28. The van der Waals surface area contributed by atoms with Gasteiger partial charge >= 0.3 is 0 Å². The number of hydrogen-bond donors (Lipinski definition) is 1. The van der Waals surface area contributed by atoms with Gasteiger partial charge in [-0.25, -0.2) is 17.8 Å². The summed E-state index contributed by atoms with van der Waals surface area (Å²) < 4.78 is 54.7. The van der Waals surface area contributed by atoms with Gasteiger partial charge in [-0.15, -0.1) is 0 Å². The van der Waals surface area contributed by atoms with Gasteiger partial charge in [0.2, 0.25) is 0 Å². The van der Waals surface area contributed by atoms with Gasteiger partial charge in [0.1, 0.15) is 17.7 Å². The van der Waals surface area contributed by atoms with Crippen molar-refractivity contribution in [3.8, 4) is 22.6 Å². The van der Waals surface area contributed by atoms with Gasteiger partial charge in [0.25, 0.3) is 0 Å². The third-order valence-corrected chi connectivity index (χ3v) is 6.09. The van der Waals surface area contributed by atoms with Crippen molar-refractivity contribution < 1.29 is 27.0 Å². The van der Waals surface area contributed by atoms with Crippen molar-refractivity contribution in [1.29, 1.82) is 0 Å². The quantitative estimate of drug-likeness (QED) is 0.538. The van der Waals surface area contributed by atoms with Crippen LogP contribution in [0.5, 0.6) is 11.5 Å². The van der Waals surface area contributed by atoms with Crippen molar-refractivity contribution in [3.63, 3.8) is 0 Å². The second kappa shape index (κ2) is 9.54. The van der Waals surface area contributed by atoms with Crippen LogP contribution in [-0.2, 0) is 21.2 Å². The molecule has 1 unspecified atom stereocenters. The highest BCUT2D eigenvalue weighted by Gasteiger charge is 2.18. The van der Waals surface area contributed by atoms with E-state index < -0.39 is 21.8 Å². The Morgan fingerprint density at radius 1 is 1.06 bits per heavy atom. The highest BCUT2D eigenvalue weighted by Crippen LogP contribution is 2.34. The topological polar surface area (TPSA) is 101 Å². The number of hydrogen-bond acceptors (Lipinski definition) is 7. The zero-order chi connectivity index (χ0) is 23.5. The molecular formula is C23H25FN2O5S. The van der Waals surface area contributed by atoms with Crippen LogP contribution in [0.15, 0.2) is 53.6 Å². The van der Waals surface area contributed by atoms with Gasteiger partial charge in [-0.1, -0.05) is 12.1 Å². The zero-order valence-electron chi connectivity index (χ0n) is 18.3. The summed E-state index contributed by atoms with van der Waals surface area (Å²) in [4.78, 5) is 4.36. The number of sulfone groups is 1. The molecule has 7 nitrogen and oxygen atoms in total. The number of aromatic nitrogens is 1. The number of benzene rings is 2. The van der Waals surface area contributed by atoms with Crippen LogP contribution < -0.4 is 15.2 Å². The number of pyridine rings is 1. The Kier molecular flexibility index (Phi) is 7.00. The Bertz CT molecular complexity index is 1230. The average molecular weight is 461 g/mol. The molecule has 0 aliphatic rings. The molecule has 3 rings (SSSR count). The first-order valence-corrected chi connectivity index (χ1v) is 11.6. The summed E-state index contributed by atoms with van der Waals surface area (Å²) in [5.74, 6) is 0.493. The minimum atomic E-state index is -3.48. The van der Waals surface area contributed by atoms with Crippen molar-refractivity contribution in [2.24, 2.45) is 0 Å². The van der Waals surface area contributed by atoms with Gasteiger partial charge in [-0.2, -0.15) is 0 Å². The van der Waals surface area contributed by atoms with Crippen molar-refractivity contribution in [1.82, 2.24) is 4.98 Å². The first-order chi connectivity index (χ1) is 15.1. The molecule has 0 saturated carbocycles. The van der Waals surface area contributed by atoms with E-state index in [1.54, 1.807) is 31.2 Å². The number of nitrogens with two attached hydrogens (primary N) is 1. The molecule has 0 aliphatic heterocycles. The van der Waals surface area contributed by atoms with E-state index in [9.17, 15) is 12.8 Å². The van der Waals surface area contributed by atoms with Gasteiger partial charge < -0.3 is 19.9 Å². The summed E-state index contributed by atoms with van der Waals surface area (Å²) in [5.41, 5.74) is 8.31. The molecule has 2 N–H and O–H groups in total. The summed E-state index contributed by atoms with van der Waals surface area (Å²) in [7, 11) is -0.482. The lowest BCUT2D eigenvalue weighted by Crippen LogP contribution is -2.08. The fraction of sp³-hybridized carbons (Fsp3) is 0.261. The molecule has 1 aromatic heterocycles. The largest absolute Gasteiger partial charge is 0.496 e. The van der Waals surface area contributed by atoms with Crippen molar-refractivity contribution >= 4 is 15.7 Å². The standard InChI is InChI=1S/C23H25FN2O5S/c1-14(19-11-18(24)7-8-20(19)30-3)31-21-9-17(12-26-23(21)25)15-5-6-16(13-29-2)22(10-15)32(4,27)28/h5-12,14H,13H2,1-4H3,(H2,25,26). The molecule has 9 heteroatoms. The lowest BCUT2D eigenvalue weighted by atomic mass is 10.1. The Morgan fingerprint density at radius 3 is 2.47 bits per heavy atom. The first-order valence-electron chi connectivity index (χ1n) is 9.72. The number of ether oxygens (including phenoxy) is 3. The van der Waals surface area contributed by atoms with E-state index in [1.807, 2.05) is 0 Å². The molecule has 0 aliphatic carbocycles. The number of anilines is 1. The summed E-state index contributed by atoms with van der Waals surface area (Å²) in [6.07, 6.45) is 2.10. The maximum absolute atomic E-state index is 13.8. The van der Waals surface area contributed by atoms with Crippen molar-refractivity contribution in [2.75, 3.05) is 26.2 Å². The fourth-order valence-electron chi connectivity index (χ4n) is 3.34. The Morgan fingerprint density at radius 2 is 1.81 bits per heavy atom. The van der Waals surface area contributed by atoms with Gasteiger partial charge in [0.15, 0.2) is 21.4 Å². The second-order valence-corrected chi connectivity index (χ2v) is 9.27.